The van der Waals surface area contributed by atoms with E-state index in [0.29, 0.717) is 12.2 Å². The molecule has 0 unspecified atom stereocenters. The molecule has 92 valence electrons. The van der Waals surface area contributed by atoms with Crippen LogP contribution in [0.25, 0.3) is 0 Å². The van der Waals surface area contributed by atoms with Gasteiger partial charge in [0, 0.05) is 30.9 Å². The summed E-state index contributed by atoms with van der Waals surface area (Å²) >= 11 is 0. The Bertz CT molecular complexity index is 554. The van der Waals surface area contributed by atoms with Gasteiger partial charge in [0.25, 0.3) is 0 Å². The number of carbonyl (C=O) groups excluding carboxylic acids is 1. The highest BCUT2D eigenvalue weighted by atomic mass is 16.1. The third-order valence-corrected chi connectivity index (χ3v) is 3.57. The van der Waals surface area contributed by atoms with Crippen LogP contribution in [0.4, 0.5) is 0 Å². The fourth-order valence-electron chi connectivity index (χ4n) is 2.63. The van der Waals surface area contributed by atoms with E-state index in [1.54, 1.807) is 0 Å². The SMILES string of the molecule is O=C1CCCCc2cn(Cc3ccccc3)cc21. The summed E-state index contributed by atoms with van der Waals surface area (Å²) < 4.78 is 2.14. The lowest BCUT2D eigenvalue weighted by Gasteiger charge is -2.02. The number of benzene rings is 1. The Kier molecular flexibility index (Phi) is 3.01. The Hall–Kier alpha value is -1.83. The largest absolute Gasteiger partial charge is 0.349 e. The van der Waals surface area contributed by atoms with Crippen molar-refractivity contribution in [2.45, 2.75) is 32.2 Å². The van der Waals surface area contributed by atoms with Crippen molar-refractivity contribution in [1.82, 2.24) is 4.57 Å². The van der Waals surface area contributed by atoms with Crippen LogP contribution in [0.2, 0.25) is 0 Å². The highest BCUT2D eigenvalue weighted by Gasteiger charge is 2.17. The summed E-state index contributed by atoms with van der Waals surface area (Å²) in [6.45, 7) is 0.848. The van der Waals surface area contributed by atoms with E-state index in [9.17, 15) is 4.79 Å². The zero-order valence-corrected chi connectivity index (χ0v) is 10.4. The Morgan fingerprint density at radius 3 is 2.61 bits per heavy atom. The van der Waals surface area contributed by atoms with Gasteiger partial charge in [0.05, 0.1) is 0 Å². The van der Waals surface area contributed by atoms with Crippen molar-refractivity contribution in [3.8, 4) is 0 Å². The number of nitrogens with zero attached hydrogens (tertiary/aromatic N) is 1. The van der Waals surface area contributed by atoms with Crippen molar-refractivity contribution in [3.63, 3.8) is 0 Å². The number of rotatable bonds is 2. The molecule has 0 bridgehead atoms. The lowest BCUT2D eigenvalue weighted by Crippen LogP contribution is -1.98. The van der Waals surface area contributed by atoms with Crippen molar-refractivity contribution in [2.75, 3.05) is 0 Å². The third kappa shape index (κ3) is 2.23. The van der Waals surface area contributed by atoms with Gasteiger partial charge in [-0.2, -0.15) is 0 Å². The molecule has 1 aromatic heterocycles. The minimum Gasteiger partial charge on any atom is -0.349 e. The summed E-state index contributed by atoms with van der Waals surface area (Å²) in [4.78, 5) is 12.0. The van der Waals surface area contributed by atoms with Crippen molar-refractivity contribution in [3.05, 3.63) is 59.4 Å². The molecule has 1 heterocycles. The van der Waals surface area contributed by atoms with E-state index in [4.69, 9.17) is 0 Å². The summed E-state index contributed by atoms with van der Waals surface area (Å²) in [6.07, 6.45) is 8.09. The first-order chi connectivity index (χ1) is 8.83. The predicted octanol–water partition coefficient (Wildman–Crippen LogP) is 3.45. The van der Waals surface area contributed by atoms with Gasteiger partial charge in [-0.05, 0) is 30.4 Å². The van der Waals surface area contributed by atoms with Crippen molar-refractivity contribution < 1.29 is 4.79 Å². The molecule has 0 N–H and O–H groups in total. The van der Waals surface area contributed by atoms with E-state index in [-0.39, 0.29) is 0 Å². The second kappa shape index (κ2) is 4.81. The number of aromatic nitrogens is 1. The lowest BCUT2D eigenvalue weighted by molar-refractivity contribution is 0.0982. The van der Waals surface area contributed by atoms with Crippen LogP contribution in [0.1, 0.15) is 40.7 Å². The molecule has 18 heavy (non-hydrogen) atoms. The molecule has 0 saturated heterocycles. The number of hydrogen-bond donors (Lipinski definition) is 0. The van der Waals surface area contributed by atoms with Crippen LogP contribution in [0.5, 0.6) is 0 Å². The summed E-state index contributed by atoms with van der Waals surface area (Å²) in [6, 6.07) is 10.4. The van der Waals surface area contributed by atoms with Gasteiger partial charge in [0.15, 0.2) is 5.78 Å². The molecular formula is C16H17NO. The Labute approximate surface area is 107 Å². The Balaban J connectivity index is 1.87. The molecule has 2 nitrogen and oxygen atoms in total. The van der Waals surface area contributed by atoms with Crippen LogP contribution in [0, 0.1) is 0 Å². The number of aryl methyl sites for hydroxylation is 1. The minimum atomic E-state index is 0.314. The van der Waals surface area contributed by atoms with E-state index in [2.05, 4.69) is 35.0 Å². The average molecular weight is 239 g/mol. The molecule has 1 aromatic carbocycles. The fourth-order valence-corrected chi connectivity index (χ4v) is 2.63. The highest BCUT2D eigenvalue weighted by Crippen LogP contribution is 2.22. The molecule has 0 radical (unpaired) electrons. The van der Waals surface area contributed by atoms with Gasteiger partial charge in [-0.15, -0.1) is 0 Å². The molecule has 3 rings (SSSR count). The normalized spacial score (nSPS) is 15.2. The van der Waals surface area contributed by atoms with Gasteiger partial charge in [0.2, 0.25) is 0 Å². The van der Waals surface area contributed by atoms with E-state index in [1.165, 1.54) is 11.1 Å². The summed E-state index contributed by atoms with van der Waals surface area (Å²) in [7, 11) is 0. The molecule has 1 aliphatic rings. The molecule has 1 aliphatic carbocycles. The molecule has 0 fully saturated rings. The highest BCUT2D eigenvalue weighted by molar-refractivity contribution is 5.97. The summed E-state index contributed by atoms with van der Waals surface area (Å²) in [5, 5.41) is 0. The average Bonchev–Trinajstić information content (AvgIpc) is 2.71. The smallest absolute Gasteiger partial charge is 0.164 e. The van der Waals surface area contributed by atoms with Gasteiger partial charge >= 0.3 is 0 Å². The minimum absolute atomic E-state index is 0.314. The number of carbonyl (C=O) groups is 1. The quantitative estimate of drug-likeness (QED) is 0.736. The molecule has 0 aliphatic heterocycles. The molecule has 0 saturated carbocycles. The number of fused-ring (bicyclic) bond motifs is 1. The van der Waals surface area contributed by atoms with E-state index < -0.39 is 0 Å². The molecular weight excluding hydrogens is 222 g/mol. The number of hydrogen-bond acceptors (Lipinski definition) is 1. The van der Waals surface area contributed by atoms with E-state index in [0.717, 1.165) is 31.4 Å². The first kappa shape index (κ1) is 11.3. The van der Waals surface area contributed by atoms with Crippen molar-refractivity contribution in [2.24, 2.45) is 0 Å². The van der Waals surface area contributed by atoms with E-state index >= 15 is 0 Å². The fraction of sp³-hybridized carbons (Fsp3) is 0.312. The van der Waals surface area contributed by atoms with Crippen LogP contribution in [0.15, 0.2) is 42.7 Å². The summed E-state index contributed by atoms with van der Waals surface area (Å²) in [5.74, 6) is 0.314. The maximum atomic E-state index is 12.0. The van der Waals surface area contributed by atoms with Crippen LogP contribution >= 0.6 is 0 Å². The standard InChI is InChI=1S/C16H17NO/c18-16-9-5-4-8-14-11-17(12-15(14)16)10-13-6-2-1-3-7-13/h1-3,6-7,11-12H,4-5,8-10H2. The molecule has 0 atom stereocenters. The van der Waals surface area contributed by atoms with Gasteiger partial charge in [-0.25, -0.2) is 0 Å². The number of Topliss-reactive ketones (excluding diaryl/α,β-unsaturated/α-hetero) is 1. The topological polar surface area (TPSA) is 22.0 Å². The maximum Gasteiger partial charge on any atom is 0.164 e. The lowest BCUT2D eigenvalue weighted by atomic mass is 10.1. The van der Waals surface area contributed by atoms with Crippen LogP contribution in [0.3, 0.4) is 0 Å². The van der Waals surface area contributed by atoms with Gasteiger partial charge < -0.3 is 4.57 Å². The first-order valence-electron chi connectivity index (χ1n) is 6.59. The third-order valence-electron chi connectivity index (χ3n) is 3.57. The summed E-state index contributed by atoms with van der Waals surface area (Å²) in [5.41, 5.74) is 3.45. The van der Waals surface area contributed by atoms with Crippen LogP contribution < -0.4 is 0 Å². The van der Waals surface area contributed by atoms with Gasteiger partial charge in [0.1, 0.15) is 0 Å². The molecule has 2 aromatic rings. The van der Waals surface area contributed by atoms with E-state index in [1.807, 2.05) is 12.3 Å². The maximum absolute atomic E-state index is 12.0. The molecule has 0 spiro atoms. The molecule has 0 amide bonds. The monoisotopic (exact) mass is 239 g/mol. The molecule has 2 heteroatoms. The van der Waals surface area contributed by atoms with Crippen molar-refractivity contribution in [1.29, 1.82) is 0 Å². The van der Waals surface area contributed by atoms with Crippen molar-refractivity contribution >= 4 is 5.78 Å². The Morgan fingerprint density at radius 2 is 1.78 bits per heavy atom. The zero-order valence-electron chi connectivity index (χ0n) is 10.4. The van der Waals surface area contributed by atoms with Crippen LogP contribution in [-0.4, -0.2) is 10.4 Å². The second-order valence-electron chi connectivity index (χ2n) is 4.99. The van der Waals surface area contributed by atoms with Crippen LogP contribution in [-0.2, 0) is 13.0 Å². The first-order valence-corrected chi connectivity index (χ1v) is 6.59. The van der Waals surface area contributed by atoms with Gasteiger partial charge in [-0.3, -0.25) is 4.79 Å². The number of ketones is 1. The Morgan fingerprint density at radius 1 is 1.00 bits per heavy atom. The van der Waals surface area contributed by atoms with Gasteiger partial charge in [-0.1, -0.05) is 30.3 Å². The zero-order chi connectivity index (χ0) is 12.4. The predicted molar refractivity (Wildman–Crippen MR) is 71.9 cm³/mol. The second-order valence-corrected chi connectivity index (χ2v) is 4.99.